The van der Waals surface area contributed by atoms with Crippen molar-refractivity contribution in [2.24, 2.45) is 0 Å². The van der Waals surface area contributed by atoms with Crippen molar-refractivity contribution in [3.8, 4) is 0 Å². The molecule has 1 atom stereocenters. The van der Waals surface area contributed by atoms with Crippen LogP contribution >= 0.6 is 0 Å². The molecule has 1 aliphatic heterocycles. The average Bonchev–Trinajstić information content (AvgIpc) is 3.12. The number of rotatable bonds is 5. The van der Waals surface area contributed by atoms with E-state index in [0.717, 1.165) is 43.8 Å². The van der Waals surface area contributed by atoms with Crippen LogP contribution < -0.4 is 5.32 Å². The summed E-state index contributed by atoms with van der Waals surface area (Å²) in [6.45, 7) is 1.75. The maximum Gasteiger partial charge on any atom is 0.128 e. The van der Waals surface area contributed by atoms with E-state index in [2.05, 4.69) is 10.4 Å². The maximum atomic E-state index is 13.5. The topological polar surface area (TPSA) is 39.1 Å². The molecular formula is C15H17F2N3O. The lowest BCUT2D eigenvalue weighted by Gasteiger charge is -2.08. The van der Waals surface area contributed by atoms with Crippen molar-refractivity contribution >= 4 is 5.69 Å². The molecule has 1 aliphatic rings. The second kappa shape index (κ2) is 6.22. The summed E-state index contributed by atoms with van der Waals surface area (Å²) >= 11 is 0. The van der Waals surface area contributed by atoms with E-state index in [1.807, 2.05) is 6.20 Å². The summed E-state index contributed by atoms with van der Waals surface area (Å²) in [5.41, 5.74) is 1.07. The first-order chi connectivity index (χ1) is 10.2. The zero-order chi connectivity index (χ0) is 14.7. The van der Waals surface area contributed by atoms with Gasteiger partial charge in [-0.1, -0.05) is 0 Å². The standard InChI is InChI=1S/C15H17F2N3O/c16-12-3-4-15(17)11(6-12)7-18-13-8-19-20(9-13)10-14-2-1-5-21-14/h3-4,6,8-9,14,18H,1-2,5,7,10H2. The van der Waals surface area contributed by atoms with E-state index in [9.17, 15) is 8.78 Å². The minimum atomic E-state index is -0.442. The van der Waals surface area contributed by atoms with Gasteiger partial charge in [0.2, 0.25) is 0 Å². The van der Waals surface area contributed by atoms with Crippen molar-refractivity contribution in [3.63, 3.8) is 0 Å². The smallest absolute Gasteiger partial charge is 0.128 e. The summed E-state index contributed by atoms with van der Waals surface area (Å²) in [7, 11) is 0. The Balaban J connectivity index is 1.58. The fourth-order valence-corrected chi connectivity index (χ4v) is 2.43. The van der Waals surface area contributed by atoms with Crippen LogP contribution in [-0.2, 0) is 17.8 Å². The molecule has 0 amide bonds. The highest BCUT2D eigenvalue weighted by Gasteiger charge is 2.16. The predicted octanol–water partition coefficient (Wildman–Crippen LogP) is 2.95. The molecule has 6 heteroatoms. The number of nitrogens with one attached hydrogen (secondary N) is 1. The van der Waals surface area contributed by atoms with Gasteiger partial charge in [-0.25, -0.2) is 8.78 Å². The third-order valence-electron chi connectivity index (χ3n) is 3.54. The van der Waals surface area contributed by atoms with E-state index in [1.54, 1.807) is 10.9 Å². The molecule has 0 spiro atoms. The molecule has 1 saturated heterocycles. The molecule has 1 N–H and O–H groups in total. The molecule has 0 aliphatic carbocycles. The molecule has 112 valence electrons. The summed E-state index contributed by atoms with van der Waals surface area (Å²) in [4.78, 5) is 0. The van der Waals surface area contributed by atoms with Crippen molar-refractivity contribution in [1.82, 2.24) is 9.78 Å². The summed E-state index contributed by atoms with van der Waals surface area (Å²) in [6, 6.07) is 3.44. The van der Waals surface area contributed by atoms with Crippen molar-refractivity contribution in [2.75, 3.05) is 11.9 Å². The van der Waals surface area contributed by atoms with Crippen LogP contribution in [0.1, 0.15) is 18.4 Å². The Kier molecular flexibility index (Phi) is 4.15. The number of halogens is 2. The molecule has 1 fully saturated rings. The Morgan fingerprint density at radius 3 is 3.10 bits per heavy atom. The number of hydrogen-bond donors (Lipinski definition) is 1. The van der Waals surface area contributed by atoms with Gasteiger partial charge < -0.3 is 10.1 Å². The zero-order valence-corrected chi connectivity index (χ0v) is 11.6. The van der Waals surface area contributed by atoms with Crippen LogP contribution in [-0.4, -0.2) is 22.5 Å². The second-order valence-corrected chi connectivity index (χ2v) is 5.18. The lowest BCUT2D eigenvalue weighted by Crippen LogP contribution is -2.15. The van der Waals surface area contributed by atoms with Gasteiger partial charge in [-0.2, -0.15) is 5.10 Å². The third-order valence-corrected chi connectivity index (χ3v) is 3.54. The minimum absolute atomic E-state index is 0.217. The summed E-state index contributed by atoms with van der Waals surface area (Å²) in [5.74, 6) is -0.863. The van der Waals surface area contributed by atoms with Crippen LogP contribution in [0.3, 0.4) is 0 Å². The summed E-state index contributed by atoms with van der Waals surface area (Å²) in [6.07, 6.45) is 5.89. The van der Waals surface area contributed by atoms with Crippen molar-refractivity contribution in [2.45, 2.75) is 32.0 Å². The lowest BCUT2D eigenvalue weighted by molar-refractivity contribution is 0.0940. The Morgan fingerprint density at radius 1 is 1.38 bits per heavy atom. The molecule has 1 aromatic heterocycles. The van der Waals surface area contributed by atoms with E-state index >= 15 is 0 Å². The van der Waals surface area contributed by atoms with Gasteiger partial charge in [-0.3, -0.25) is 4.68 Å². The molecule has 0 saturated carbocycles. The molecule has 3 rings (SSSR count). The molecule has 1 unspecified atom stereocenters. The van der Waals surface area contributed by atoms with E-state index in [0.29, 0.717) is 5.56 Å². The fourth-order valence-electron chi connectivity index (χ4n) is 2.43. The first-order valence-electron chi connectivity index (χ1n) is 7.02. The third kappa shape index (κ3) is 3.58. The van der Waals surface area contributed by atoms with Crippen LogP contribution in [0.15, 0.2) is 30.6 Å². The molecule has 1 aromatic carbocycles. The Hall–Kier alpha value is -1.95. The highest BCUT2D eigenvalue weighted by molar-refractivity contribution is 5.39. The second-order valence-electron chi connectivity index (χ2n) is 5.18. The first kappa shape index (κ1) is 14.0. The van der Waals surface area contributed by atoms with Gasteiger partial charge in [0.1, 0.15) is 11.6 Å². The van der Waals surface area contributed by atoms with E-state index in [4.69, 9.17) is 4.74 Å². The highest BCUT2D eigenvalue weighted by Crippen LogP contribution is 2.16. The molecule has 0 bridgehead atoms. The van der Waals surface area contributed by atoms with E-state index in [-0.39, 0.29) is 12.6 Å². The zero-order valence-electron chi connectivity index (χ0n) is 11.6. The number of ether oxygens (including phenoxy) is 1. The monoisotopic (exact) mass is 293 g/mol. The summed E-state index contributed by atoms with van der Waals surface area (Å²) in [5, 5.41) is 7.28. The SMILES string of the molecule is Fc1ccc(F)c(CNc2cnn(CC3CCCO3)c2)c1. The van der Waals surface area contributed by atoms with Crippen LogP contribution in [0.4, 0.5) is 14.5 Å². The van der Waals surface area contributed by atoms with Crippen LogP contribution in [0, 0.1) is 11.6 Å². The molecular weight excluding hydrogens is 276 g/mol. The van der Waals surface area contributed by atoms with Gasteiger partial charge in [-0.05, 0) is 31.0 Å². The Labute approximate surface area is 121 Å². The van der Waals surface area contributed by atoms with Gasteiger partial charge in [-0.15, -0.1) is 0 Å². The normalized spacial score (nSPS) is 18.1. The number of anilines is 1. The van der Waals surface area contributed by atoms with Gasteiger partial charge >= 0.3 is 0 Å². The van der Waals surface area contributed by atoms with Crippen LogP contribution in [0.5, 0.6) is 0 Å². The maximum absolute atomic E-state index is 13.5. The molecule has 4 nitrogen and oxygen atoms in total. The molecule has 0 radical (unpaired) electrons. The number of aromatic nitrogens is 2. The number of hydrogen-bond acceptors (Lipinski definition) is 3. The Morgan fingerprint density at radius 2 is 2.29 bits per heavy atom. The largest absolute Gasteiger partial charge is 0.378 e. The van der Waals surface area contributed by atoms with E-state index in [1.165, 1.54) is 6.07 Å². The number of benzene rings is 1. The highest BCUT2D eigenvalue weighted by atomic mass is 19.1. The van der Waals surface area contributed by atoms with Gasteiger partial charge in [0.05, 0.1) is 24.5 Å². The van der Waals surface area contributed by atoms with Crippen molar-refractivity contribution < 1.29 is 13.5 Å². The summed E-state index contributed by atoms with van der Waals surface area (Å²) < 4.78 is 33.9. The lowest BCUT2D eigenvalue weighted by atomic mass is 10.2. The quantitative estimate of drug-likeness (QED) is 0.921. The van der Waals surface area contributed by atoms with Crippen LogP contribution in [0.25, 0.3) is 0 Å². The molecule has 2 heterocycles. The van der Waals surface area contributed by atoms with Crippen LogP contribution in [0.2, 0.25) is 0 Å². The van der Waals surface area contributed by atoms with Crippen molar-refractivity contribution in [1.29, 1.82) is 0 Å². The molecule has 21 heavy (non-hydrogen) atoms. The molecule has 2 aromatic rings. The first-order valence-corrected chi connectivity index (χ1v) is 7.02. The predicted molar refractivity (Wildman–Crippen MR) is 74.9 cm³/mol. The van der Waals surface area contributed by atoms with Gasteiger partial charge in [0.25, 0.3) is 0 Å². The fraction of sp³-hybridized carbons (Fsp3) is 0.400. The average molecular weight is 293 g/mol. The van der Waals surface area contributed by atoms with E-state index < -0.39 is 11.6 Å². The minimum Gasteiger partial charge on any atom is -0.378 e. The Bertz CT molecular complexity index is 609. The number of nitrogens with zero attached hydrogens (tertiary/aromatic N) is 2. The van der Waals surface area contributed by atoms with Crippen molar-refractivity contribution in [3.05, 3.63) is 47.8 Å². The van der Waals surface area contributed by atoms with Gasteiger partial charge in [0, 0.05) is 24.9 Å². The van der Waals surface area contributed by atoms with Gasteiger partial charge in [0.15, 0.2) is 0 Å².